The van der Waals surface area contributed by atoms with Crippen molar-refractivity contribution in [2.45, 2.75) is 12.8 Å². The molecule has 0 aromatic rings. The molecule has 1 atom stereocenters. The number of carbonyl (C=O) groups excluding carboxylic acids is 4. The van der Waals surface area contributed by atoms with Crippen molar-refractivity contribution in [3.8, 4) is 0 Å². The second kappa shape index (κ2) is 6.52. The van der Waals surface area contributed by atoms with Crippen LogP contribution in [0.15, 0.2) is 27.2 Å². The second-order valence-electron chi connectivity index (χ2n) is 5.23. The van der Waals surface area contributed by atoms with E-state index in [1.807, 2.05) is 0 Å². The van der Waals surface area contributed by atoms with Gasteiger partial charge in [0.2, 0.25) is 11.8 Å². The third-order valence-electron chi connectivity index (χ3n) is 3.64. The molecule has 0 saturated heterocycles. The molecule has 10 heteroatoms. The molecule has 0 aromatic heterocycles. The number of fused-ring (bicyclic) bond motifs is 1. The molecule has 5 amide bonds. The van der Waals surface area contributed by atoms with Crippen LogP contribution in [0.2, 0.25) is 0 Å². The maximum Gasteiger partial charge on any atom is 0.352 e. The Morgan fingerprint density at radius 1 is 1.33 bits per heavy atom. The molecule has 24 heavy (non-hydrogen) atoms. The van der Waals surface area contributed by atoms with Gasteiger partial charge in [0, 0.05) is 32.1 Å². The zero-order valence-corrected chi connectivity index (χ0v) is 12.6. The number of carbonyl (C=O) groups is 4. The molecule has 0 fully saturated rings. The summed E-state index contributed by atoms with van der Waals surface area (Å²) in [5, 5.41) is 6.23. The maximum absolute atomic E-state index is 12.3. The van der Waals surface area contributed by atoms with Gasteiger partial charge in [-0.3, -0.25) is 19.3 Å². The van der Waals surface area contributed by atoms with Gasteiger partial charge in [0.05, 0.1) is 0 Å². The summed E-state index contributed by atoms with van der Waals surface area (Å²) < 4.78 is 0. The van der Waals surface area contributed by atoms with Gasteiger partial charge in [-0.2, -0.15) is 10.1 Å². The van der Waals surface area contributed by atoms with E-state index in [1.54, 1.807) is 12.2 Å². The average Bonchev–Trinajstić information content (AvgIpc) is 2.58. The Morgan fingerprint density at radius 2 is 2.17 bits per heavy atom. The molecule has 2 N–H and O–H groups in total. The van der Waals surface area contributed by atoms with Gasteiger partial charge in [-0.1, -0.05) is 6.08 Å². The maximum atomic E-state index is 12.3. The van der Waals surface area contributed by atoms with E-state index < -0.39 is 23.8 Å². The number of allylic oxidation sites excluding steroid dienone is 1. The van der Waals surface area contributed by atoms with Crippen LogP contribution < -0.4 is 10.7 Å². The zero-order chi connectivity index (χ0) is 17.1. The van der Waals surface area contributed by atoms with Crippen LogP contribution in [0.3, 0.4) is 0 Å². The van der Waals surface area contributed by atoms with Crippen LogP contribution in [0.25, 0.3) is 0 Å². The van der Waals surface area contributed by atoms with E-state index in [9.17, 15) is 19.2 Å². The number of rotatable bonds is 4. The Hall–Kier alpha value is -3.17. The lowest BCUT2D eigenvalue weighted by molar-refractivity contribution is -0.129. The lowest BCUT2D eigenvalue weighted by atomic mass is 10.0. The minimum atomic E-state index is -0.699. The summed E-state index contributed by atoms with van der Waals surface area (Å²) in [6.07, 6.45) is 5.15. The van der Waals surface area contributed by atoms with Gasteiger partial charge >= 0.3 is 6.03 Å². The van der Waals surface area contributed by atoms with Gasteiger partial charge in [0.15, 0.2) is 0 Å². The molecule has 3 aliphatic heterocycles. The first-order valence-corrected chi connectivity index (χ1v) is 7.34. The fourth-order valence-electron chi connectivity index (χ4n) is 2.39. The normalized spacial score (nSPS) is 22.6. The minimum absolute atomic E-state index is 0.00607. The summed E-state index contributed by atoms with van der Waals surface area (Å²) in [6, 6.07) is -0.699. The number of hydrogen-bond acceptors (Lipinski definition) is 6. The summed E-state index contributed by atoms with van der Waals surface area (Å²) in [5.41, 5.74) is 2.43. The van der Waals surface area contributed by atoms with Gasteiger partial charge < -0.3 is 5.32 Å². The standard InChI is InChI=1S/C14H14N6O4/c21-10-4-3-9(18-19-10)12(22)16-6-7-20-13(23)8-2-1-5-15-11(8)17-14(20)24/h1-2,5,8H,3-4,6-7H2,(H,16,22)(H,19,21). The Balaban J connectivity index is 1.56. The topological polar surface area (TPSA) is 133 Å². The highest BCUT2D eigenvalue weighted by atomic mass is 16.2. The summed E-state index contributed by atoms with van der Waals surface area (Å²) in [5.74, 6) is -1.60. The largest absolute Gasteiger partial charge is 0.352 e. The molecule has 3 aliphatic rings. The third-order valence-corrected chi connectivity index (χ3v) is 3.64. The Morgan fingerprint density at radius 3 is 2.92 bits per heavy atom. The molecule has 0 bridgehead atoms. The number of amides is 5. The Kier molecular flexibility index (Phi) is 4.27. The van der Waals surface area contributed by atoms with E-state index in [4.69, 9.17) is 0 Å². The highest BCUT2D eigenvalue weighted by molar-refractivity contribution is 6.39. The van der Waals surface area contributed by atoms with Crippen molar-refractivity contribution < 1.29 is 19.2 Å². The van der Waals surface area contributed by atoms with Crippen LogP contribution in [0.5, 0.6) is 0 Å². The zero-order valence-electron chi connectivity index (χ0n) is 12.6. The molecule has 124 valence electrons. The SMILES string of the molecule is O=C1CCC(C(=O)NCCN2C(=O)N=C3N=CC=CC3C2=O)=NN1. The molecule has 10 nitrogen and oxygen atoms in total. The first kappa shape index (κ1) is 15.7. The number of hydrogen-bond donors (Lipinski definition) is 2. The molecule has 0 radical (unpaired) electrons. The quantitative estimate of drug-likeness (QED) is 0.683. The van der Waals surface area contributed by atoms with Crippen molar-refractivity contribution in [2.24, 2.45) is 21.0 Å². The number of hydrazone groups is 1. The van der Waals surface area contributed by atoms with Crippen LogP contribution in [-0.4, -0.2) is 59.5 Å². The summed E-state index contributed by atoms with van der Waals surface area (Å²) in [7, 11) is 0. The third kappa shape index (κ3) is 3.12. The molecular formula is C14H14N6O4. The molecular weight excluding hydrogens is 316 g/mol. The van der Waals surface area contributed by atoms with Crippen LogP contribution in [0, 0.1) is 5.92 Å². The number of nitrogens with zero attached hydrogens (tertiary/aromatic N) is 4. The van der Waals surface area contributed by atoms with E-state index in [1.165, 1.54) is 6.21 Å². The number of dihydropyridines is 1. The van der Waals surface area contributed by atoms with Gasteiger partial charge in [-0.25, -0.2) is 15.2 Å². The number of aliphatic imine (C=N–C) groups is 2. The molecule has 3 rings (SSSR count). The second-order valence-corrected chi connectivity index (χ2v) is 5.23. The molecule has 3 heterocycles. The highest BCUT2D eigenvalue weighted by Gasteiger charge is 2.36. The van der Waals surface area contributed by atoms with Crippen molar-refractivity contribution in [3.63, 3.8) is 0 Å². The van der Waals surface area contributed by atoms with Crippen molar-refractivity contribution in [3.05, 3.63) is 12.2 Å². The summed E-state index contributed by atoms with van der Waals surface area (Å²) in [6.45, 7) is 0.0573. The predicted octanol–water partition coefficient (Wildman–Crippen LogP) is -1.01. The smallest absolute Gasteiger partial charge is 0.349 e. The van der Waals surface area contributed by atoms with Crippen LogP contribution in [0.1, 0.15) is 12.8 Å². The van der Waals surface area contributed by atoms with Crippen molar-refractivity contribution in [2.75, 3.05) is 13.1 Å². The van der Waals surface area contributed by atoms with E-state index in [0.717, 1.165) is 4.90 Å². The lowest BCUT2D eigenvalue weighted by Gasteiger charge is -2.27. The molecule has 0 aliphatic carbocycles. The van der Waals surface area contributed by atoms with Gasteiger partial charge in [-0.05, 0) is 6.08 Å². The van der Waals surface area contributed by atoms with Crippen molar-refractivity contribution in [1.29, 1.82) is 0 Å². The predicted molar refractivity (Wildman–Crippen MR) is 83.5 cm³/mol. The monoisotopic (exact) mass is 330 g/mol. The van der Waals surface area contributed by atoms with E-state index in [-0.39, 0.29) is 43.4 Å². The van der Waals surface area contributed by atoms with Crippen LogP contribution >= 0.6 is 0 Å². The number of amidine groups is 1. The Labute approximate surface area is 136 Å². The first-order chi connectivity index (χ1) is 11.6. The minimum Gasteiger partial charge on any atom is -0.349 e. The fourth-order valence-corrected chi connectivity index (χ4v) is 2.39. The van der Waals surface area contributed by atoms with Gasteiger partial charge in [-0.15, -0.1) is 0 Å². The van der Waals surface area contributed by atoms with Crippen LogP contribution in [0.4, 0.5) is 4.79 Å². The van der Waals surface area contributed by atoms with E-state index >= 15 is 0 Å². The van der Waals surface area contributed by atoms with Gasteiger partial charge in [0.25, 0.3) is 5.91 Å². The molecule has 0 spiro atoms. The molecule has 0 saturated carbocycles. The molecule has 0 aromatic carbocycles. The molecule has 1 unspecified atom stereocenters. The number of nitrogens with one attached hydrogen (secondary N) is 2. The van der Waals surface area contributed by atoms with Gasteiger partial charge in [0.1, 0.15) is 17.5 Å². The fraction of sp³-hybridized carbons (Fsp3) is 0.357. The highest BCUT2D eigenvalue weighted by Crippen LogP contribution is 2.18. The van der Waals surface area contributed by atoms with Crippen molar-refractivity contribution >= 4 is 41.5 Å². The first-order valence-electron chi connectivity index (χ1n) is 7.34. The number of urea groups is 1. The van der Waals surface area contributed by atoms with Crippen LogP contribution in [-0.2, 0) is 14.4 Å². The average molecular weight is 330 g/mol. The number of imide groups is 1. The lowest BCUT2D eigenvalue weighted by Crippen LogP contribution is -2.49. The van der Waals surface area contributed by atoms with Crippen molar-refractivity contribution in [1.82, 2.24) is 15.6 Å². The van der Waals surface area contributed by atoms with E-state index in [0.29, 0.717) is 0 Å². The Bertz CT molecular complexity index is 736. The summed E-state index contributed by atoms with van der Waals surface area (Å²) in [4.78, 5) is 55.8. The van der Waals surface area contributed by atoms with E-state index in [2.05, 4.69) is 25.8 Å². The summed E-state index contributed by atoms with van der Waals surface area (Å²) >= 11 is 0.